The fourth-order valence-corrected chi connectivity index (χ4v) is 4.26. The molecule has 0 spiro atoms. The Kier molecular flexibility index (Phi) is 6.06. The van der Waals surface area contributed by atoms with Crippen LogP contribution in [-0.2, 0) is 9.53 Å². The minimum atomic E-state index is -5.95. The van der Waals surface area contributed by atoms with Crippen LogP contribution in [0.25, 0.3) is 0 Å². The first-order valence-corrected chi connectivity index (χ1v) is 9.71. The third-order valence-electron chi connectivity index (χ3n) is 4.86. The second-order valence-corrected chi connectivity index (χ2v) is 7.88. The Morgan fingerprint density at radius 3 is 2.47 bits per heavy atom. The van der Waals surface area contributed by atoms with Gasteiger partial charge in [-0.15, -0.1) is 0 Å². The van der Waals surface area contributed by atoms with Gasteiger partial charge in [0.05, 0.1) is 24.4 Å². The van der Waals surface area contributed by atoms with Crippen molar-refractivity contribution in [3.05, 3.63) is 51.5 Å². The highest BCUT2D eigenvalue weighted by molar-refractivity contribution is 7.15. The molecule has 0 saturated heterocycles. The van der Waals surface area contributed by atoms with Crippen LogP contribution in [-0.4, -0.2) is 47.3 Å². The summed E-state index contributed by atoms with van der Waals surface area (Å²) in [5, 5.41) is 8.36. The minimum absolute atomic E-state index is 0.123. The highest BCUT2D eigenvalue weighted by Gasteiger charge is 2.61. The van der Waals surface area contributed by atoms with Crippen molar-refractivity contribution in [2.45, 2.75) is 38.1 Å². The third-order valence-corrected chi connectivity index (χ3v) is 5.81. The smallest absolute Gasteiger partial charge is 0.494 e. The number of thiophene rings is 1. The molecule has 1 N–H and O–H groups in total. The maximum Gasteiger partial charge on any atom is 0.499 e. The second-order valence-electron chi connectivity index (χ2n) is 6.84. The number of carbonyl (C=O) groups is 2. The van der Waals surface area contributed by atoms with Gasteiger partial charge in [0, 0.05) is 12.1 Å². The van der Waals surface area contributed by atoms with Crippen LogP contribution in [0.4, 0.5) is 26.3 Å². The Morgan fingerprint density at radius 1 is 1.25 bits per heavy atom. The van der Waals surface area contributed by atoms with E-state index in [1.54, 1.807) is 0 Å². The number of hydrogen-bond acceptors (Lipinski definition) is 5. The zero-order chi connectivity index (χ0) is 24.0. The average Bonchev–Trinajstić information content (AvgIpc) is 3.22. The second kappa shape index (κ2) is 8.19. The van der Waals surface area contributed by atoms with E-state index in [2.05, 4.69) is 4.74 Å². The molecule has 1 atom stereocenters. The van der Waals surface area contributed by atoms with E-state index in [9.17, 15) is 41.0 Å². The van der Waals surface area contributed by atoms with Crippen molar-refractivity contribution < 1.29 is 50.5 Å². The van der Waals surface area contributed by atoms with Crippen molar-refractivity contribution in [3.63, 3.8) is 0 Å². The van der Waals surface area contributed by atoms with E-state index in [0.29, 0.717) is 5.57 Å². The lowest BCUT2D eigenvalue weighted by molar-refractivity contribution is -0.359. The van der Waals surface area contributed by atoms with E-state index in [0.717, 1.165) is 17.0 Å². The molecule has 1 aromatic rings. The maximum atomic E-state index is 14.4. The number of halogens is 6. The van der Waals surface area contributed by atoms with Crippen molar-refractivity contribution in [2.75, 3.05) is 7.11 Å². The van der Waals surface area contributed by atoms with Gasteiger partial charge in [-0.2, -0.15) is 22.0 Å². The molecule has 0 saturated carbocycles. The molecule has 0 radical (unpaired) electrons. The molecule has 2 heterocycles. The molecule has 1 aromatic heterocycles. The summed E-state index contributed by atoms with van der Waals surface area (Å²) in [4.78, 5) is 25.2. The molecular weight excluding hydrogens is 468 g/mol. The van der Waals surface area contributed by atoms with Gasteiger partial charge in [-0.25, -0.2) is 4.39 Å². The number of carboxylic acid groups (broad SMARTS) is 1. The lowest BCUT2D eigenvalue weighted by atomic mass is 9.92. The first-order valence-electron chi connectivity index (χ1n) is 8.90. The third kappa shape index (κ3) is 4.20. The van der Waals surface area contributed by atoms with Gasteiger partial charge in [-0.05, 0) is 36.3 Å². The summed E-state index contributed by atoms with van der Waals surface area (Å²) < 4.78 is 86.4. The lowest BCUT2D eigenvalue weighted by Gasteiger charge is -2.28. The Labute approximate surface area is 181 Å². The molecule has 0 fully saturated rings. The van der Waals surface area contributed by atoms with Gasteiger partial charge in [0.15, 0.2) is 10.8 Å². The van der Waals surface area contributed by atoms with E-state index in [4.69, 9.17) is 4.74 Å². The molecule has 3 rings (SSSR count). The van der Waals surface area contributed by atoms with Crippen LogP contribution in [0.3, 0.4) is 0 Å². The number of nitrogens with zero attached hydrogens (tertiary/aromatic N) is 1. The quantitative estimate of drug-likeness (QED) is 0.576. The van der Waals surface area contributed by atoms with Crippen LogP contribution in [0, 0.1) is 0 Å². The number of carboxylic acids is 1. The number of hydrogen-bond donors (Lipinski definition) is 1. The predicted octanol–water partition coefficient (Wildman–Crippen LogP) is 5.01. The van der Waals surface area contributed by atoms with Gasteiger partial charge in [0.1, 0.15) is 5.83 Å². The normalized spacial score (nSPS) is 19.2. The van der Waals surface area contributed by atoms with Crippen molar-refractivity contribution in [1.29, 1.82) is 0 Å². The topological polar surface area (TPSA) is 76.1 Å². The van der Waals surface area contributed by atoms with Gasteiger partial charge < -0.3 is 19.5 Å². The van der Waals surface area contributed by atoms with Crippen LogP contribution in [0.5, 0.6) is 5.06 Å². The molecule has 13 heteroatoms. The lowest BCUT2D eigenvalue weighted by Crippen LogP contribution is -2.41. The van der Waals surface area contributed by atoms with E-state index >= 15 is 0 Å². The van der Waals surface area contributed by atoms with Crippen LogP contribution in [0.2, 0.25) is 0 Å². The van der Waals surface area contributed by atoms with Crippen molar-refractivity contribution in [3.8, 4) is 5.06 Å². The number of methoxy groups -OCH3 is 1. The molecule has 32 heavy (non-hydrogen) atoms. The first kappa shape index (κ1) is 23.7. The van der Waals surface area contributed by atoms with Gasteiger partial charge in [-0.3, -0.25) is 9.59 Å². The van der Waals surface area contributed by atoms with Gasteiger partial charge in [0.2, 0.25) is 0 Å². The number of carbonyl (C=O) groups excluding carboxylic acids is 1. The number of alkyl halides is 5. The van der Waals surface area contributed by atoms with Crippen LogP contribution >= 0.6 is 11.3 Å². The highest BCUT2D eigenvalue weighted by Crippen LogP contribution is 2.44. The summed E-state index contributed by atoms with van der Waals surface area (Å²) in [5.74, 6) is -2.85. The summed E-state index contributed by atoms with van der Waals surface area (Å²) in [6, 6.07) is 0.848. The number of allylic oxidation sites excluding steroid dienone is 2. The van der Waals surface area contributed by atoms with Gasteiger partial charge in [0.25, 0.3) is 5.91 Å². The van der Waals surface area contributed by atoms with E-state index in [1.807, 2.05) is 0 Å². The minimum Gasteiger partial charge on any atom is -0.494 e. The van der Waals surface area contributed by atoms with E-state index < -0.39 is 47.5 Å². The summed E-state index contributed by atoms with van der Waals surface area (Å²) in [7, 11) is 1.22. The highest BCUT2D eigenvalue weighted by atomic mass is 32.1. The number of rotatable bonds is 6. The van der Waals surface area contributed by atoms with Crippen LogP contribution in [0.15, 0.2) is 46.6 Å². The van der Waals surface area contributed by atoms with E-state index in [-0.39, 0.29) is 39.7 Å². The Morgan fingerprint density at radius 2 is 1.91 bits per heavy atom. The Bertz CT molecular complexity index is 1050. The number of aliphatic carboxylic acids is 1. The fraction of sp³-hybridized carbons (Fsp3) is 0.368. The molecule has 174 valence electrons. The summed E-state index contributed by atoms with van der Waals surface area (Å²) in [5.41, 5.74) is 0.776. The summed E-state index contributed by atoms with van der Waals surface area (Å²) in [6.45, 7) is 1.43. The van der Waals surface area contributed by atoms with Crippen LogP contribution in [0.1, 0.15) is 29.4 Å². The van der Waals surface area contributed by atoms with Crippen molar-refractivity contribution >= 4 is 23.2 Å². The van der Waals surface area contributed by atoms with E-state index in [1.165, 1.54) is 20.1 Å². The molecule has 1 aliphatic carbocycles. The monoisotopic (exact) mass is 483 g/mol. The molecule has 1 unspecified atom stereocenters. The number of fused-ring (bicyclic) bond motifs is 1. The SMILES string of the molecule is COC1=C(F)CC2C(=C1)C(CC(=O)O)=C(C)N2C(=O)c1ccc(OC(F)(F)C(F)(F)F)s1. The first-order chi connectivity index (χ1) is 14.8. The fourth-order valence-electron chi connectivity index (χ4n) is 3.44. The van der Waals surface area contributed by atoms with Crippen molar-refractivity contribution in [1.82, 2.24) is 4.90 Å². The largest absolute Gasteiger partial charge is 0.499 e. The van der Waals surface area contributed by atoms with Crippen molar-refractivity contribution in [2.24, 2.45) is 0 Å². The zero-order valence-corrected chi connectivity index (χ0v) is 17.2. The average molecular weight is 483 g/mol. The number of ether oxygens (including phenoxy) is 2. The molecule has 2 aliphatic rings. The van der Waals surface area contributed by atoms with Gasteiger partial charge >= 0.3 is 18.3 Å². The molecule has 6 nitrogen and oxygen atoms in total. The van der Waals surface area contributed by atoms with Crippen LogP contribution < -0.4 is 4.74 Å². The molecule has 0 aromatic carbocycles. The standard InChI is InChI=1S/C19H15F6NO5S/c1-8-9(6-15(27)28)10-5-13(30-2)11(20)7-12(10)26(8)17(29)14-3-4-16(32-14)31-19(24,25)18(21,22)23/h3-5,12H,6-7H2,1-2H3,(H,27,28). The Hall–Kier alpha value is -2.96. The molecule has 1 aliphatic heterocycles. The molecule has 1 amide bonds. The number of amides is 1. The summed E-state index contributed by atoms with van der Waals surface area (Å²) in [6.07, 6.45) is -10.9. The summed E-state index contributed by atoms with van der Waals surface area (Å²) >= 11 is 0.251. The maximum absolute atomic E-state index is 14.4. The molecular formula is C19H15F6NO5S. The predicted molar refractivity (Wildman–Crippen MR) is 98.7 cm³/mol. The zero-order valence-electron chi connectivity index (χ0n) is 16.4. The van der Waals surface area contributed by atoms with Gasteiger partial charge in [-0.1, -0.05) is 11.3 Å². The Balaban J connectivity index is 1.94. The molecule has 0 bridgehead atoms.